The number of rotatable bonds is 10. The lowest BCUT2D eigenvalue weighted by atomic mass is 10.1. The van der Waals surface area contributed by atoms with Crippen molar-refractivity contribution in [1.29, 1.82) is 0 Å². The van der Waals surface area contributed by atoms with Gasteiger partial charge in [0.25, 0.3) is 0 Å². The summed E-state index contributed by atoms with van der Waals surface area (Å²) in [5.41, 5.74) is 0. The molecule has 1 rings (SSSR count). The zero-order chi connectivity index (χ0) is 15.7. The molecule has 0 amide bonds. The molecule has 2 unspecified atom stereocenters. The van der Waals surface area contributed by atoms with Crippen molar-refractivity contribution in [1.82, 2.24) is 15.1 Å². The Labute approximate surface area is 132 Å². The van der Waals surface area contributed by atoms with Crippen molar-refractivity contribution >= 4 is 0 Å². The quantitative estimate of drug-likeness (QED) is 0.669. The monoisotopic (exact) mass is 299 g/mol. The molecule has 1 N–H and O–H groups in total. The Hall–Kier alpha value is -0.160. The summed E-state index contributed by atoms with van der Waals surface area (Å²) in [5.74, 6) is 0. The molecule has 0 spiro atoms. The van der Waals surface area contributed by atoms with Gasteiger partial charge in [0.1, 0.15) is 0 Å². The Kier molecular flexibility index (Phi) is 9.49. The van der Waals surface area contributed by atoms with Crippen molar-refractivity contribution < 1.29 is 4.74 Å². The molecule has 0 aromatic rings. The number of ether oxygens (including phenoxy) is 1. The molecule has 0 aromatic heterocycles. The van der Waals surface area contributed by atoms with E-state index < -0.39 is 0 Å². The Morgan fingerprint density at radius 1 is 1.24 bits per heavy atom. The highest BCUT2D eigenvalue weighted by Crippen LogP contribution is 2.08. The van der Waals surface area contributed by atoms with Gasteiger partial charge in [-0.3, -0.25) is 4.90 Å². The van der Waals surface area contributed by atoms with Crippen LogP contribution in [0.3, 0.4) is 0 Å². The minimum Gasteiger partial charge on any atom is -0.374 e. The molecule has 2 atom stereocenters. The SMILES string of the molecule is CCN(CC)CCCC(C)NCC1CN(C(C)C)CCO1. The molecule has 1 heterocycles. The van der Waals surface area contributed by atoms with E-state index in [2.05, 4.69) is 49.7 Å². The molecule has 1 fully saturated rings. The first-order chi connectivity index (χ1) is 10.1. The lowest BCUT2D eigenvalue weighted by molar-refractivity contribution is -0.0380. The topological polar surface area (TPSA) is 27.7 Å². The highest BCUT2D eigenvalue weighted by molar-refractivity contribution is 4.76. The largest absolute Gasteiger partial charge is 0.374 e. The molecular weight excluding hydrogens is 262 g/mol. The number of morpholine rings is 1. The van der Waals surface area contributed by atoms with Gasteiger partial charge in [-0.05, 0) is 53.2 Å². The van der Waals surface area contributed by atoms with E-state index in [9.17, 15) is 0 Å². The van der Waals surface area contributed by atoms with Crippen LogP contribution >= 0.6 is 0 Å². The molecule has 1 aliphatic rings. The lowest BCUT2D eigenvalue weighted by Crippen LogP contribution is -2.50. The van der Waals surface area contributed by atoms with Gasteiger partial charge >= 0.3 is 0 Å². The van der Waals surface area contributed by atoms with Crippen LogP contribution in [0.2, 0.25) is 0 Å². The van der Waals surface area contributed by atoms with Crippen LogP contribution in [0.1, 0.15) is 47.5 Å². The lowest BCUT2D eigenvalue weighted by Gasteiger charge is -2.36. The fourth-order valence-electron chi connectivity index (χ4n) is 2.93. The van der Waals surface area contributed by atoms with E-state index in [0.717, 1.165) is 26.2 Å². The maximum atomic E-state index is 5.87. The Balaban J connectivity index is 2.13. The van der Waals surface area contributed by atoms with Gasteiger partial charge in [-0.25, -0.2) is 0 Å². The van der Waals surface area contributed by atoms with Crippen LogP contribution < -0.4 is 5.32 Å². The van der Waals surface area contributed by atoms with Gasteiger partial charge in [0.15, 0.2) is 0 Å². The molecule has 0 bridgehead atoms. The molecule has 4 nitrogen and oxygen atoms in total. The minimum absolute atomic E-state index is 0.353. The molecule has 1 aliphatic heterocycles. The van der Waals surface area contributed by atoms with Crippen LogP contribution in [-0.4, -0.2) is 73.9 Å². The highest BCUT2D eigenvalue weighted by atomic mass is 16.5. The fraction of sp³-hybridized carbons (Fsp3) is 1.00. The van der Waals surface area contributed by atoms with E-state index in [1.165, 1.54) is 32.5 Å². The molecular formula is C17H37N3O. The summed E-state index contributed by atoms with van der Waals surface area (Å²) in [7, 11) is 0. The second-order valence-corrected chi connectivity index (χ2v) is 6.56. The standard InChI is InChI=1S/C17H37N3O/c1-6-19(7-2)10-8-9-16(5)18-13-17-14-20(15(3)4)11-12-21-17/h15-18H,6-14H2,1-5H3. The molecule has 4 heteroatoms. The summed E-state index contributed by atoms with van der Waals surface area (Å²) in [6.45, 7) is 18.9. The van der Waals surface area contributed by atoms with E-state index in [4.69, 9.17) is 4.74 Å². The maximum Gasteiger partial charge on any atom is 0.0826 e. The molecule has 0 saturated carbocycles. The van der Waals surface area contributed by atoms with Crippen LogP contribution in [0.4, 0.5) is 0 Å². The highest BCUT2D eigenvalue weighted by Gasteiger charge is 2.22. The second kappa shape index (κ2) is 10.5. The maximum absolute atomic E-state index is 5.87. The van der Waals surface area contributed by atoms with Crippen molar-refractivity contribution in [2.24, 2.45) is 0 Å². The molecule has 0 radical (unpaired) electrons. The summed E-state index contributed by atoms with van der Waals surface area (Å²) in [4.78, 5) is 5.01. The van der Waals surface area contributed by atoms with Gasteiger partial charge in [0, 0.05) is 31.7 Å². The first kappa shape index (κ1) is 18.9. The Morgan fingerprint density at radius 3 is 2.57 bits per heavy atom. The molecule has 126 valence electrons. The normalized spacial score (nSPS) is 22.1. The van der Waals surface area contributed by atoms with E-state index >= 15 is 0 Å². The first-order valence-electron chi connectivity index (χ1n) is 8.88. The number of hydrogen-bond donors (Lipinski definition) is 1. The zero-order valence-electron chi connectivity index (χ0n) is 14.9. The van der Waals surface area contributed by atoms with Crippen molar-refractivity contribution in [3.8, 4) is 0 Å². The number of nitrogens with one attached hydrogen (secondary N) is 1. The number of hydrogen-bond acceptors (Lipinski definition) is 4. The third kappa shape index (κ3) is 7.59. The minimum atomic E-state index is 0.353. The van der Waals surface area contributed by atoms with Gasteiger partial charge in [-0.15, -0.1) is 0 Å². The van der Waals surface area contributed by atoms with E-state index in [1.54, 1.807) is 0 Å². The van der Waals surface area contributed by atoms with Gasteiger partial charge in [-0.2, -0.15) is 0 Å². The molecule has 1 saturated heterocycles. The van der Waals surface area contributed by atoms with E-state index in [-0.39, 0.29) is 0 Å². The molecule has 0 aromatic carbocycles. The average Bonchev–Trinajstić information content (AvgIpc) is 2.50. The predicted octanol–water partition coefficient (Wildman–Crippen LogP) is 2.20. The van der Waals surface area contributed by atoms with Crippen molar-refractivity contribution in [2.75, 3.05) is 45.9 Å². The predicted molar refractivity (Wildman–Crippen MR) is 90.9 cm³/mol. The van der Waals surface area contributed by atoms with Crippen molar-refractivity contribution in [3.05, 3.63) is 0 Å². The summed E-state index contributed by atoms with van der Waals surface area (Å²) in [5, 5.41) is 3.65. The smallest absolute Gasteiger partial charge is 0.0826 e. The van der Waals surface area contributed by atoms with E-state index in [0.29, 0.717) is 18.2 Å². The van der Waals surface area contributed by atoms with Gasteiger partial charge in [0.05, 0.1) is 12.7 Å². The third-order valence-corrected chi connectivity index (χ3v) is 4.60. The van der Waals surface area contributed by atoms with Crippen LogP contribution in [0, 0.1) is 0 Å². The summed E-state index contributed by atoms with van der Waals surface area (Å²) < 4.78 is 5.87. The third-order valence-electron chi connectivity index (χ3n) is 4.60. The van der Waals surface area contributed by atoms with Crippen molar-refractivity contribution in [2.45, 2.75) is 65.6 Å². The number of nitrogens with zero attached hydrogens (tertiary/aromatic N) is 2. The van der Waals surface area contributed by atoms with Crippen LogP contribution in [0.5, 0.6) is 0 Å². The van der Waals surface area contributed by atoms with Crippen LogP contribution in [0.25, 0.3) is 0 Å². The Morgan fingerprint density at radius 2 is 1.95 bits per heavy atom. The van der Waals surface area contributed by atoms with Crippen molar-refractivity contribution in [3.63, 3.8) is 0 Å². The Bertz CT molecular complexity index is 256. The summed E-state index contributed by atoms with van der Waals surface area (Å²) >= 11 is 0. The van der Waals surface area contributed by atoms with Gasteiger partial charge < -0.3 is 15.0 Å². The fourth-order valence-corrected chi connectivity index (χ4v) is 2.93. The zero-order valence-corrected chi connectivity index (χ0v) is 14.9. The van der Waals surface area contributed by atoms with Crippen LogP contribution in [-0.2, 0) is 4.74 Å². The summed E-state index contributed by atoms with van der Waals surface area (Å²) in [6, 6.07) is 1.21. The van der Waals surface area contributed by atoms with E-state index in [1.807, 2.05) is 0 Å². The van der Waals surface area contributed by atoms with Gasteiger partial charge in [-0.1, -0.05) is 13.8 Å². The summed E-state index contributed by atoms with van der Waals surface area (Å²) in [6.07, 6.45) is 2.88. The second-order valence-electron chi connectivity index (χ2n) is 6.56. The molecule has 0 aliphatic carbocycles. The first-order valence-corrected chi connectivity index (χ1v) is 8.88. The van der Waals surface area contributed by atoms with Gasteiger partial charge in [0.2, 0.25) is 0 Å². The van der Waals surface area contributed by atoms with Crippen LogP contribution in [0.15, 0.2) is 0 Å². The average molecular weight is 300 g/mol. The molecule has 21 heavy (non-hydrogen) atoms.